The predicted octanol–water partition coefficient (Wildman–Crippen LogP) is 2.98. The summed E-state index contributed by atoms with van der Waals surface area (Å²) in [5, 5.41) is 0.383. The third kappa shape index (κ3) is 4.96. The molecule has 0 atom stereocenters. The number of aromatic nitrogens is 2. The minimum Gasteiger partial charge on any atom is -0.493 e. The maximum absolute atomic E-state index is 12.7. The molecule has 0 aliphatic heterocycles. The molecule has 0 aliphatic carbocycles. The van der Waals surface area contributed by atoms with Crippen LogP contribution in [0.25, 0.3) is 10.9 Å². The van der Waals surface area contributed by atoms with E-state index in [0.717, 1.165) is 11.1 Å². The molecular formula is C23H27N3O5. The summed E-state index contributed by atoms with van der Waals surface area (Å²) in [5.74, 6) is 1.75. The fourth-order valence-corrected chi connectivity index (χ4v) is 3.19. The molecule has 31 heavy (non-hydrogen) atoms. The molecule has 0 saturated carbocycles. The zero-order valence-corrected chi connectivity index (χ0v) is 18.4. The predicted molar refractivity (Wildman–Crippen MR) is 118 cm³/mol. The summed E-state index contributed by atoms with van der Waals surface area (Å²) in [6, 6.07) is 8.94. The quantitative estimate of drug-likeness (QED) is 0.596. The van der Waals surface area contributed by atoms with Crippen molar-refractivity contribution in [3.05, 3.63) is 57.6 Å². The van der Waals surface area contributed by atoms with Crippen molar-refractivity contribution in [2.24, 2.45) is 0 Å². The van der Waals surface area contributed by atoms with Gasteiger partial charge in [-0.3, -0.25) is 9.59 Å². The van der Waals surface area contributed by atoms with Gasteiger partial charge in [0.25, 0.3) is 11.5 Å². The molecular weight excluding hydrogens is 398 g/mol. The molecule has 8 nitrogen and oxygen atoms in total. The van der Waals surface area contributed by atoms with Crippen LogP contribution in [0.5, 0.6) is 17.2 Å². The lowest BCUT2D eigenvalue weighted by atomic mass is 10.1. The van der Waals surface area contributed by atoms with Crippen LogP contribution in [0.1, 0.15) is 23.9 Å². The van der Waals surface area contributed by atoms with Crippen LogP contribution in [-0.2, 0) is 11.3 Å². The number of rotatable bonds is 8. The van der Waals surface area contributed by atoms with Crippen molar-refractivity contribution >= 4 is 16.8 Å². The number of ether oxygens (including phenoxy) is 3. The van der Waals surface area contributed by atoms with E-state index in [0.29, 0.717) is 40.5 Å². The monoisotopic (exact) mass is 425 g/mol. The minimum absolute atomic E-state index is 0.0980. The number of H-pyrrole nitrogens is 1. The summed E-state index contributed by atoms with van der Waals surface area (Å²) < 4.78 is 16.2. The molecule has 2 aromatic carbocycles. The molecule has 1 amide bonds. The van der Waals surface area contributed by atoms with Crippen LogP contribution in [0.4, 0.5) is 0 Å². The maximum atomic E-state index is 12.7. The molecule has 164 valence electrons. The summed E-state index contributed by atoms with van der Waals surface area (Å²) in [4.78, 5) is 34.1. The van der Waals surface area contributed by atoms with Gasteiger partial charge in [0.05, 0.1) is 31.7 Å². The first-order valence-electron chi connectivity index (χ1n) is 9.99. The number of nitrogens with zero attached hydrogens (tertiary/aromatic N) is 2. The van der Waals surface area contributed by atoms with E-state index in [-0.39, 0.29) is 24.6 Å². The SMILES string of the molecule is CCN(Cc1nc2cc(OC)c(OC)cc2c(=O)[nH]1)C(=O)COc1ccc(C)c(C)c1. The second kappa shape index (κ2) is 9.51. The highest BCUT2D eigenvalue weighted by Gasteiger charge is 2.16. The Morgan fingerprint density at radius 2 is 1.77 bits per heavy atom. The normalized spacial score (nSPS) is 10.7. The molecule has 3 aromatic rings. The standard InChI is InChI=1S/C23H27N3O5/c1-6-26(22(27)13-31-16-8-7-14(2)15(3)9-16)12-21-24-18-11-20(30-5)19(29-4)10-17(18)23(28)25-21/h7-11H,6,12-13H2,1-5H3,(H,24,25,28). The lowest BCUT2D eigenvalue weighted by Crippen LogP contribution is -2.35. The van der Waals surface area contributed by atoms with E-state index in [1.54, 1.807) is 17.0 Å². The number of amides is 1. The Hall–Kier alpha value is -3.55. The molecule has 0 fully saturated rings. The summed E-state index contributed by atoms with van der Waals surface area (Å²) in [7, 11) is 3.02. The first-order valence-corrected chi connectivity index (χ1v) is 9.99. The van der Waals surface area contributed by atoms with E-state index in [2.05, 4.69) is 9.97 Å². The van der Waals surface area contributed by atoms with E-state index >= 15 is 0 Å². The van der Waals surface area contributed by atoms with Gasteiger partial charge in [-0.05, 0) is 50.1 Å². The summed E-state index contributed by atoms with van der Waals surface area (Å²) >= 11 is 0. The Kier molecular flexibility index (Phi) is 6.79. The van der Waals surface area contributed by atoms with Crippen molar-refractivity contribution in [3.63, 3.8) is 0 Å². The van der Waals surface area contributed by atoms with Crippen LogP contribution in [0.3, 0.4) is 0 Å². The van der Waals surface area contributed by atoms with Gasteiger partial charge in [-0.1, -0.05) is 6.07 Å². The summed E-state index contributed by atoms with van der Waals surface area (Å²) in [6.45, 7) is 6.38. The van der Waals surface area contributed by atoms with Gasteiger partial charge in [-0.2, -0.15) is 0 Å². The zero-order valence-electron chi connectivity index (χ0n) is 18.4. The van der Waals surface area contributed by atoms with Gasteiger partial charge in [-0.15, -0.1) is 0 Å². The second-order valence-electron chi connectivity index (χ2n) is 7.18. The van der Waals surface area contributed by atoms with E-state index in [1.807, 2.05) is 39.0 Å². The van der Waals surface area contributed by atoms with Crippen molar-refractivity contribution in [2.75, 3.05) is 27.4 Å². The highest BCUT2D eigenvalue weighted by atomic mass is 16.5. The molecule has 0 bridgehead atoms. The molecule has 3 rings (SSSR count). The molecule has 0 radical (unpaired) electrons. The molecule has 0 unspecified atom stereocenters. The first kappa shape index (κ1) is 22.1. The fraction of sp³-hybridized carbons (Fsp3) is 0.348. The Morgan fingerprint density at radius 3 is 2.42 bits per heavy atom. The van der Waals surface area contributed by atoms with Crippen molar-refractivity contribution in [1.82, 2.24) is 14.9 Å². The lowest BCUT2D eigenvalue weighted by molar-refractivity contribution is -0.133. The molecule has 1 aromatic heterocycles. The van der Waals surface area contributed by atoms with Crippen LogP contribution in [0.2, 0.25) is 0 Å². The largest absolute Gasteiger partial charge is 0.493 e. The second-order valence-corrected chi connectivity index (χ2v) is 7.18. The highest BCUT2D eigenvalue weighted by molar-refractivity contribution is 5.82. The van der Waals surface area contributed by atoms with Crippen LogP contribution in [-0.4, -0.2) is 48.1 Å². The Labute approximate surface area is 180 Å². The Balaban J connectivity index is 1.77. The number of likely N-dealkylation sites (N-methyl/N-ethyl adjacent to an activating group) is 1. The smallest absolute Gasteiger partial charge is 0.260 e. The van der Waals surface area contributed by atoms with Crippen LogP contribution < -0.4 is 19.8 Å². The number of methoxy groups -OCH3 is 2. The van der Waals surface area contributed by atoms with Crippen molar-refractivity contribution in [2.45, 2.75) is 27.3 Å². The van der Waals surface area contributed by atoms with Gasteiger partial charge in [0.1, 0.15) is 11.6 Å². The van der Waals surface area contributed by atoms with Gasteiger partial charge in [0.15, 0.2) is 18.1 Å². The number of hydrogen-bond acceptors (Lipinski definition) is 6. The van der Waals surface area contributed by atoms with E-state index in [9.17, 15) is 9.59 Å². The van der Waals surface area contributed by atoms with Gasteiger partial charge < -0.3 is 24.1 Å². The average molecular weight is 425 g/mol. The average Bonchev–Trinajstić information content (AvgIpc) is 2.77. The molecule has 1 N–H and O–H groups in total. The number of carbonyl (C=O) groups excluding carboxylic acids is 1. The zero-order chi connectivity index (χ0) is 22.5. The van der Waals surface area contributed by atoms with Gasteiger partial charge in [0, 0.05) is 12.6 Å². The molecule has 0 saturated heterocycles. The van der Waals surface area contributed by atoms with Crippen molar-refractivity contribution in [3.8, 4) is 17.2 Å². The Morgan fingerprint density at radius 1 is 1.06 bits per heavy atom. The molecule has 0 spiro atoms. The van der Waals surface area contributed by atoms with Crippen LogP contribution in [0.15, 0.2) is 35.1 Å². The highest BCUT2D eigenvalue weighted by Crippen LogP contribution is 2.30. The van der Waals surface area contributed by atoms with Crippen molar-refractivity contribution in [1.29, 1.82) is 0 Å². The molecule has 8 heteroatoms. The summed E-state index contributed by atoms with van der Waals surface area (Å²) in [6.07, 6.45) is 0. The third-order valence-electron chi connectivity index (χ3n) is 5.18. The van der Waals surface area contributed by atoms with Crippen LogP contribution >= 0.6 is 0 Å². The minimum atomic E-state index is -0.309. The number of hydrogen-bond donors (Lipinski definition) is 1. The van der Waals surface area contributed by atoms with E-state index < -0.39 is 0 Å². The summed E-state index contributed by atoms with van der Waals surface area (Å²) in [5.41, 5.74) is 2.42. The molecule has 0 aliphatic rings. The topological polar surface area (TPSA) is 93.8 Å². The number of aromatic amines is 1. The number of fused-ring (bicyclic) bond motifs is 1. The number of carbonyl (C=O) groups is 1. The Bertz CT molecular complexity index is 1160. The maximum Gasteiger partial charge on any atom is 0.260 e. The van der Waals surface area contributed by atoms with Crippen LogP contribution in [0, 0.1) is 13.8 Å². The lowest BCUT2D eigenvalue weighted by Gasteiger charge is -2.21. The molecule has 1 heterocycles. The number of aryl methyl sites for hydroxylation is 2. The van der Waals surface area contributed by atoms with Gasteiger partial charge >= 0.3 is 0 Å². The third-order valence-corrected chi connectivity index (χ3v) is 5.18. The van der Waals surface area contributed by atoms with E-state index in [4.69, 9.17) is 14.2 Å². The fourth-order valence-electron chi connectivity index (χ4n) is 3.19. The van der Waals surface area contributed by atoms with Gasteiger partial charge in [-0.25, -0.2) is 4.98 Å². The van der Waals surface area contributed by atoms with Gasteiger partial charge in [0.2, 0.25) is 0 Å². The van der Waals surface area contributed by atoms with Crippen molar-refractivity contribution < 1.29 is 19.0 Å². The van der Waals surface area contributed by atoms with E-state index in [1.165, 1.54) is 14.2 Å². The number of benzene rings is 2. The first-order chi connectivity index (χ1) is 14.9. The number of nitrogens with one attached hydrogen (secondary N) is 1.